The van der Waals surface area contributed by atoms with Gasteiger partial charge in [-0.3, -0.25) is 24.0 Å². The number of amides is 8. The molecule has 4 fully saturated rings. The second-order valence-electron chi connectivity index (χ2n) is 31.9. The van der Waals surface area contributed by atoms with Gasteiger partial charge in [-0.2, -0.15) is 0 Å². The monoisotopic (exact) mass is 1600 g/mol. The van der Waals surface area contributed by atoms with E-state index in [1.54, 1.807) is 28.4 Å². The summed E-state index contributed by atoms with van der Waals surface area (Å²) < 4.78 is 19.0. The highest BCUT2D eigenvalue weighted by Crippen LogP contribution is 2.40. The summed E-state index contributed by atoms with van der Waals surface area (Å²) in [5.41, 5.74) is 12.3. The third kappa shape index (κ3) is 18.2. The summed E-state index contributed by atoms with van der Waals surface area (Å²) in [6.07, 6.45) is 8.44. The van der Waals surface area contributed by atoms with Crippen LogP contribution >= 0.6 is 0 Å². The molecule has 4 aliphatic rings. The molecule has 4 saturated heterocycles. The van der Waals surface area contributed by atoms with Crippen molar-refractivity contribution >= 4 is 75.3 Å². The Kier molecular flexibility index (Phi) is 25.4. The summed E-state index contributed by atoms with van der Waals surface area (Å²) in [5.74, 6) is 1.09. The van der Waals surface area contributed by atoms with E-state index in [0.717, 1.165) is 126 Å². The minimum atomic E-state index is -0.851. The Morgan fingerprint density at radius 1 is 0.364 bits per heavy atom. The Bertz CT molecular complexity index is 5060. The largest absolute Gasteiger partial charge is 0.453 e. The van der Waals surface area contributed by atoms with Gasteiger partial charge in [0.25, 0.3) is 0 Å². The van der Waals surface area contributed by atoms with Crippen LogP contribution in [0.2, 0.25) is 0 Å². The number of hydrogen-bond acceptors (Lipinski definition) is 17. The number of rotatable bonds is 22. The second kappa shape index (κ2) is 36.1. The molecule has 8 amide bonds. The Morgan fingerprint density at radius 3 is 0.966 bits per heavy atom. The zero-order chi connectivity index (χ0) is 83.9. The van der Waals surface area contributed by atoms with Crippen molar-refractivity contribution in [2.45, 2.75) is 142 Å². The SMILES string of the molecule is C=C1C[C@@H](c2ncc(-c3ccc(-c4ccc5cc(-c6cnc([C@@H]7CCCN7C(=O)[C@@H](NC(=O)OC)C(C)C)[nH]6)ccc5c4)cc3)[nH]2)N(C(=O)[C@@H](NC(=O)OC)C(C)C)C1.COC(=O)N[C@H](C(=O)N1CCC[C@H]1c1ncc(-c2ccc3cc(-c4ccc(-c5cnc([C@@H]6CC(=O)CN6C(=O)[C@@H](NC(=O)OC)C(C)C)[nH]5)cc4)ccc3c2)[nH]1)C(C)C. The molecule has 6 aromatic carbocycles. The minimum absolute atomic E-state index is 0.0565. The van der Waals surface area contributed by atoms with Crippen LogP contribution in [0.1, 0.15) is 141 Å². The van der Waals surface area contributed by atoms with E-state index < -0.39 is 54.6 Å². The Morgan fingerprint density at radius 2 is 0.636 bits per heavy atom. The van der Waals surface area contributed by atoms with E-state index in [2.05, 4.69) is 155 Å². The summed E-state index contributed by atoms with van der Waals surface area (Å²) in [5, 5.41) is 15.0. The summed E-state index contributed by atoms with van der Waals surface area (Å²) in [6.45, 7) is 20.7. The van der Waals surface area contributed by atoms with Crippen LogP contribution in [0.25, 0.3) is 88.8 Å². The van der Waals surface area contributed by atoms with Gasteiger partial charge in [-0.1, -0.05) is 165 Å². The van der Waals surface area contributed by atoms with Crippen molar-refractivity contribution in [3.05, 3.63) is 182 Å². The number of carbonyl (C=O) groups excluding carboxylic acids is 9. The number of Topliss-reactive ketones (excluding diaryl/α,β-unsaturated/α-hetero) is 1. The second-order valence-corrected chi connectivity index (χ2v) is 31.9. The lowest BCUT2D eigenvalue weighted by molar-refractivity contribution is -0.136. The molecular formula is C89H102N16O13. The van der Waals surface area contributed by atoms with Crippen LogP contribution in [0.3, 0.4) is 0 Å². The standard InChI is InChI=1S/C45H52N8O6.C44H50N8O7/c1-25(2)38(50-44(56)58-6)42(54)52-18-8-9-36(52)40-46-23-35(49-40)33-17-16-31-20-30(14-15-32(31)21-33)28-10-12-29(13-11-28)34-22-47-41(48-34)37-19-27(5)24-53(37)43(55)39(26(3)4)51-45(57)59-7;1-24(2)37(49-43(56)58-5)41(54)51-17-7-8-35(51)39-45-22-34(48-39)31-16-15-29-18-28(13-14-30(29)19-31)26-9-11-27(12-10-26)33-21-46-40(47-33)36-20-32(53)23-52(36)42(55)38(25(3)4)50-44(57)59-6/h10-17,20-23,25-26,36-39H,5,8-9,18-19,24H2,1-4,6-7H3,(H,46,49)(H,47,48)(H,50,56)(H,51,57);9-16,18-19,21-22,24-25,35-38H,7-8,17,20,23H2,1-6H3,(H,45,48)(H,46,47)(H,49,56)(H,50,57)/t36-,37-,38-,39-;35-,36-,37-,38-/m00/s1. The average molecular weight is 1600 g/mol. The molecule has 118 heavy (non-hydrogen) atoms. The van der Waals surface area contributed by atoms with E-state index in [-0.39, 0.29) is 84.2 Å². The number of alkyl carbamates (subject to hydrolysis) is 4. The van der Waals surface area contributed by atoms with E-state index in [9.17, 15) is 43.2 Å². The fourth-order valence-electron chi connectivity index (χ4n) is 16.1. The molecule has 0 saturated carbocycles. The van der Waals surface area contributed by atoms with E-state index in [4.69, 9.17) is 28.9 Å². The van der Waals surface area contributed by atoms with Gasteiger partial charge >= 0.3 is 24.4 Å². The van der Waals surface area contributed by atoms with Gasteiger partial charge < -0.3 is 79.8 Å². The van der Waals surface area contributed by atoms with Crippen molar-refractivity contribution in [2.24, 2.45) is 23.7 Å². The molecular weight excluding hydrogens is 1500 g/mol. The first-order valence-corrected chi connectivity index (χ1v) is 40.0. The number of nitrogens with zero attached hydrogens (tertiary/aromatic N) is 8. The summed E-state index contributed by atoms with van der Waals surface area (Å²) in [4.78, 5) is 154. The molecule has 4 aliphatic heterocycles. The molecule has 29 nitrogen and oxygen atoms in total. The zero-order valence-corrected chi connectivity index (χ0v) is 68.4. The Hall–Kier alpha value is -13.0. The van der Waals surface area contributed by atoms with E-state index in [1.165, 1.54) is 33.3 Å². The van der Waals surface area contributed by atoms with Gasteiger partial charge in [0.2, 0.25) is 23.6 Å². The van der Waals surface area contributed by atoms with Crippen LogP contribution in [0.15, 0.2) is 158 Å². The highest BCUT2D eigenvalue weighted by Gasteiger charge is 2.44. The molecule has 4 aromatic heterocycles. The molecule has 0 bridgehead atoms. The molecule has 8 N–H and O–H groups in total. The van der Waals surface area contributed by atoms with Gasteiger partial charge in [-0.15, -0.1) is 0 Å². The highest BCUT2D eigenvalue weighted by atomic mass is 16.5. The summed E-state index contributed by atoms with van der Waals surface area (Å²) >= 11 is 0. The topological polar surface area (TPSA) is 366 Å². The minimum Gasteiger partial charge on any atom is -0.453 e. The van der Waals surface area contributed by atoms with Gasteiger partial charge in [-0.25, -0.2) is 39.1 Å². The number of aromatic nitrogens is 8. The van der Waals surface area contributed by atoms with Crippen LogP contribution in [0.5, 0.6) is 0 Å². The Labute approximate surface area is 684 Å². The molecule has 0 spiro atoms. The van der Waals surface area contributed by atoms with Crippen molar-refractivity contribution in [3.8, 4) is 67.3 Å². The van der Waals surface area contributed by atoms with Crippen molar-refractivity contribution < 1.29 is 62.1 Å². The molecule has 8 heterocycles. The first-order valence-electron chi connectivity index (χ1n) is 40.0. The van der Waals surface area contributed by atoms with E-state index in [1.807, 2.05) is 90.8 Å². The number of methoxy groups -OCH3 is 4. The lowest BCUT2D eigenvalue weighted by Gasteiger charge is -2.30. The lowest BCUT2D eigenvalue weighted by Crippen LogP contribution is -2.51. The van der Waals surface area contributed by atoms with Crippen molar-refractivity contribution in [2.75, 3.05) is 54.6 Å². The maximum atomic E-state index is 13.7. The van der Waals surface area contributed by atoms with E-state index >= 15 is 0 Å². The fraction of sp³-hybridized carbons (Fsp3) is 0.382. The number of carbonyl (C=O) groups is 9. The van der Waals surface area contributed by atoms with Crippen molar-refractivity contribution in [3.63, 3.8) is 0 Å². The zero-order valence-electron chi connectivity index (χ0n) is 68.4. The van der Waals surface area contributed by atoms with Crippen LogP contribution in [-0.2, 0) is 42.9 Å². The fourth-order valence-corrected chi connectivity index (χ4v) is 16.1. The summed E-state index contributed by atoms with van der Waals surface area (Å²) in [6, 6.07) is 37.4. The number of H-pyrrole nitrogens is 4. The number of ether oxygens (including phenoxy) is 4. The van der Waals surface area contributed by atoms with Crippen molar-refractivity contribution in [1.82, 2.24) is 80.7 Å². The van der Waals surface area contributed by atoms with Gasteiger partial charge in [0, 0.05) is 37.2 Å². The predicted molar refractivity (Wildman–Crippen MR) is 445 cm³/mol. The number of hydrogen-bond donors (Lipinski definition) is 8. The first kappa shape index (κ1) is 83.0. The molecule has 0 radical (unpaired) electrons. The molecule has 8 atom stereocenters. The molecule has 0 unspecified atom stereocenters. The number of fused-ring (bicyclic) bond motifs is 2. The predicted octanol–water partition coefficient (Wildman–Crippen LogP) is 14.1. The molecule has 10 aromatic rings. The third-order valence-corrected chi connectivity index (χ3v) is 22.6. The van der Waals surface area contributed by atoms with Gasteiger partial charge in [0.15, 0.2) is 5.78 Å². The normalized spacial score (nSPS) is 17.7. The van der Waals surface area contributed by atoms with Crippen LogP contribution in [0.4, 0.5) is 19.2 Å². The molecule has 616 valence electrons. The number of benzene rings is 6. The number of ketones is 1. The lowest BCUT2D eigenvalue weighted by atomic mass is 9.98. The highest BCUT2D eigenvalue weighted by molar-refractivity contribution is 5.96. The molecule has 0 aliphatic carbocycles. The number of imidazole rings is 4. The average Bonchev–Trinajstić information content (AvgIpc) is 1.58. The molecule has 14 rings (SSSR count). The maximum absolute atomic E-state index is 13.7. The maximum Gasteiger partial charge on any atom is 0.407 e. The van der Waals surface area contributed by atoms with E-state index in [0.29, 0.717) is 43.5 Å². The van der Waals surface area contributed by atoms with Crippen LogP contribution < -0.4 is 21.3 Å². The van der Waals surface area contributed by atoms with Gasteiger partial charge in [0.05, 0.1) is 107 Å². The van der Waals surface area contributed by atoms with Gasteiger partial charge in [-0.05, 0) is 135 Å². The first-order chi connectivity index (χ1) is 56.7. The quantitative estimate of drug-likeness (QED) is 0.0231. The molecule has 29 heteroatoms. The smallest absolute Gasteiger partial charge is 0.407 e. The number of nitrogens with one attached hydrogen (secondary N) is 8. The van der Waals surface area contributed by atoms with Crippen LogP contribution in [0, 0.1) is 23.7 Å². The third-order valence-electron chi connectivity index (χ3n) is 22.6. The summed E-state index contributed by atoms with van der Waals surface area (Å²) in [7, 11) is 5.09. The number of likely N-dealkylation sites (tertiary alicyclic amines) is 4. The number of aromatic amines is 4. The van der Waals surface area contributed by atoms with Crippen LogP contribution in [-0.4, -0.2) is 192 Å². The van der Waals surface area contributed by atoms with Gasteiger partial charge in [0.1, 0.15) is 47.5 Å². The van der Waals surface area contributed by atoms with Crippen molar-refractivity contribution in [1.29, 1.82) is 0 Å². The Balaban J connectivity index is 0.000000205.